The Bertz CT molecular complexity index is 1610. The molecule has 0 aromatic carbocycles. The van der Waals surface area contributed by atoms with Crippen molar-refractivity contribution in [3.63, 3.8) is 0 Å². The molecule has 0 amide bonds. The molecule has 0 saturated carbocycles. The molecule has 0 spiro atoms. The number of carbonyl (C=O) groups excluding carboxylic acids is 1. The monoisotopic (exact) mass is 746 g/mol. The van der Waals surface area contributed by atoms with Crippen molar-refractivity contribution in [2.24, 2.45) is 5.41 Å². The van der Waals surface area contributed by atoms with Gasteiger partial charge < -0.3 is 35.0 Å². The molecule has 8 heteroatoms. The first-order chi connectivity index (χ1) is 25.1. The molecule has 0 unspecified atom stereocenters. The molecule has 0 aromatic heterocycles. The van der Waals surface area contributed by atoms with Crippen molar-refractivity contribution < 1.29 is 39.8 Å². The van der Waals surface area contributed by atoms with Gasteiger partial charge in [-0.15, -0.1) is 0 Å². The van der Waals surface area contributed by atoms with Crippen molar-refractivity contribution in [3.05, 3.63) is 130 Å². The van der Waals surface area contributed by atoms with Crippen molar-refractivity contribution >= 4 is 5.78 Å². The summed E-state index contributed by atoms with van der Waals surface area (Å²) in [6, 6.07) is 0. The van der Waals surface area contributed by atoms with Crippen molar-refractivity contribution in [2.75, 3.05) is 0 Å². The quantitative estimate of drug-likeness (QED) is 0.101. The van der Waals surface area contributed by atoms with Gasteiger partial charge in [0.05, 0.1) is 17.8 Å². The van der Waals surface area contributed by atoms with Crippen LogP contribution in [-0.2, 0) is 14.3 Å². The molecular formula is C46H66O8. The molecule has 1 aliphatic heterocycles. The fourth-order valence-corrected chi connectivity index (χ4v) is 6.16. The number of carbonyl (C=O) groups is 1. The predicted molar refractivity (Wildman–Crippen MR) is 219 cm³/mol. The van der Waals surface area contributed by atoms with E-state index in [2.05, 4.69) is 26.0 Å². The highest BCUT2D eigenvalue weighted by atomic mass is 16.7. The Balaban J connectivity index is 1.87. The normalized spacial score (nSPS) is 27.9. The van der Waals surface area contributed by atoms with E-state index >= 15 is 0 Å². The average molecular weight is 747 g/mol. The van der Waals surface area contributed by atoms with E-state index < -0.39 is 48.5 Å². The lowest BCUT2D eigenvalue weighted by Crippen LogP contribution is -2.59. The van der Waals surface area contributed by atoms with E-state index in [-0.39, 0.29) is 11.2 Å². The molecule has 2 aliphatic rings. The van der Waals surface area contributed by atoms with Gasteiger partial charge in [-0.3, -0.25) is 4.79 Å². The van der Waals surface area contributed by atoms with Gasteiger partial charge in [0, 0.05) is 0 Å². The summed E-state index contributed by atoms with van der Waals surface area (Å²) in [5, 5.41) is 51.2. The molecule has 1 fully saturated rings. The van der Waals surface area contributed by atoms with Gasteiger partial charge in [0.15, 0.2) is 12.1 Å². The number of rotatable bonds is 16. The van der Waals surface area contributed by atoms with Crippen LogP contribution in [0, 0.1) is 5.41 Å². The smallest absolute Gasteiger partial charge is 0.187 e. The Morgan fingerprint density at radius 2 is 1.28 bits per heavy atom. The van der Waals surface area contributed by atoms with Crippen LogP contribution in [0.15, 0.2) is 130 Å². The minimum Gasteiger partial charge on any atom is -0.388 e. The summed E-state index contributed by atoms with van der Waals surface area (Å²) in [6.07, 6.45) is 24.4. The average Bonchev–Trinajstić information content (AvgIpc) is 3.07. The summed E-state index contributed by atoms with van der Waals surface area (Å²) in [7, 11) is 0. The highest BCUT2D eigenvalue weighted by Gasteiger charge is 2.44. The predicted octanol–water partition coefficient (Wildman–Crippen LogP) is 7.94. The van der Waals surface area contributed by atoms with Gasteiger partial charge in [-0.2, -0.15) is 0 Å². The van der Waals surface area contributed by atoms with E-state index in [0.29, 0.717) is 24.8 Å². The molecule has 2 rings (SSSR count). The van der Waals surface area contributed by atoms with Crippen LogP contribution in [0.2, 0.25) is 0 Å². The second-order valence-electron chi connectivity index (χ2n) is 16.0. The van der Waals surface area contributed by atoms with Gasteiger partial charge in [-0.05, 0) is 98.1 Å². The number of aliphatic hydroxyl groups is 5. The van der Waals surface area contributed by atoms with Crippen LogP contribution in [-0.4, -0.2) is 79.8 Å². The Labute approximate surface area is 324 Å². The van der Waals surface area contributed by atoms with Crippen LogP contribution in [0.1, 0.15) is 95.4 Å². The summed E-state index contributed by atoms with van der Waals surface area (Å²) in [4.78, 5) is 12.3. The zero-order valence-corrected chi connectivity index (χ0v) is 34.3. The second-order valence-corrected chi connectivity index (χ2v) is 16.0. The zero-order valence-electron chi connectivity index (χ0n) is 34.3. The number of hydrogen-bond acceptors (Lipinski definition) is 8. The molecule has 0 aromatic rings. The van der Waals surface area contributed by atoms with Crippen molar-refractivity contribution in [2.45, 2.75) is 144 Å². The third kappa shape index (κ3) is 15.3. The largest absolute Gasteiger partial charge is 0.388 e. The van der Waals surface area contributed by atoms with E-state index in [1.54, 1.807) is 27.7 Å². The van der Waals surface area contributed by atoms with Crippen molar-refractivity contribution in [3.8, 4) is 0 Å². The SMILES string of the molecule is CC1=C(/C=C/C(C)=C/C=C/C(C)=C/C=C/C=C(C)/C=C/C=C(C)/C=C/C=C(\C)CC[C@H](O[C@@H]2O[C@@H](C)[C@@H](O)[C@@H](O)[C@@H]2O)C(C)(C)O)C(C)(C)C[C@H](O)C1=O. The number of aliphatic hydroxyl groups excluding tert-OH is 4. The Kier molecular flexibility index (Phi) is 18.7. The lowest BCUT2D eigenvalue weighted by Gasteiger charge is -2.42. The van der Waals surface area contributed by atoms with Crippen LogP contribution in [0.4, 0.5) is 0 Å². The zero-order chi connectivity index (χ0) is 40.8. The van der Waals surface area contributed by atoms with Crippen LogP contribution in [0.3, 0.4) is 0 Å². The van der Waals surface area contributed by atoms with Crippen LogP contribution in [0.5, 0.6) is 0 Å². The maximum atomic E-state index is 12.3. The van der Waals surface area contributed by atoms with Crippen molar-refractivity contribution in [1.29, 1.82) is 0 Å². The van der Waals surface area contributed by atoms with E-state index in [1.807, 2.05) is 114 Å². The first-order valence-electron chi connectivity index (χ1n) is 18.9. The molecule has 7 atom stereocenters. The summed E-state index contributed by atoms with van der Waals surface area (Å²) in [6.45, 7) is 20.9. The summed E-state index contributed by atoms with van der Waals surface area (Å²) >= 11 is 0. The molecule has 54 heavy (non-hydrogen) atoms. The van der Waals surface area contributed by atoms with E-state index in [4.69, 9.17) is 9.47 Å². The van der Waals surface area contributed by atoms with Gasteiger partial charge in [0.1, 0.15) is 24.4 Å². The van der Waals surface area contributed by atoms with Crippen LogP contribution < -0.4 is 0 Å². The third-order valence-corrected chi connectivity index (χ3v) is 9.72. The van der Waals surface area contributed by atoms with Crippen LogP contribution >= 0.6 is 0 Å². The molecule has 298 valence electrons. The molecular weight excluding hydrogens is 680 g/mol. The summed E-state index contributed by atoms with van der Waals surface area (Å²) in [5.41, 5.74) is 5.59. The number of ether oxygens (including phenoxy) is 2. The van der Waals surface area contributed by atoms with E-state index in [1.165, 1.54) is 0 Å². The van der Waals surface area contributed by atoms with Crippen molar-refractivity contribution in [1.82, 2.24) is 0 Å². The minimum atomic E-state index is -1.43. The Morgan fingerprint density at radius 3 is 1.80 bits per heavy atom. The fourth-order valence-electron chi connectivity index (χ4n) is 6.16. The second kappa shape index (κ2) is 21.6. The lowest BCUT2D eigenvalue weighted by atomic mass is 9.71. The highest BCUT2D eigenvalue weighted by Crippen LogP contribution is 2.39. The molecule has 0 radical (unpaired) electrons. The minimum absolute atomic E-state index is 0.182. The molecule has 1 aliphatic carbocycles. The first kappa shape index (κ1) is 46.7. The topological polar surface area (TPSA) is 137 Å². The standard InChI is InChI=1S/C46H66O8/c1-30(17-12-13-18-31(2)20-15-23-33(4)25-27-37-35(6)40(48)38(47)29-45(37,8)9)19-14-21-32(3)22-16-24-34(5)26-28-39(46(10,11)52)54-44-43(51)42(50)41(49)36(7)53-44/h12-25,27,36,38-39,41-44,47,49-52H,26,28-29H2,1-11H3/b13-12+,19-14+,20-15+,22-16+,27-25+,30-17+,31-18+,32-21+,33-23+,34-24+/t36-,38-,39-,41+,42+,43-,44-/m0/s1. The maximum absolute atomic E-state index is 12.3. The highest BCUT2D eigenvalue weighted by molar-refractivity contribution is 6.00. The van der Waals surface area contributed by atoms with Gasteiger partial charge in [-0.25, -0.2) is 0 Å². The van der Waals surface area contributed by atoms with Crippen LogP contribution in [0.25, 0.3) is 0 Å². The van der Waals surface area contributed by atoms with Gasteiger partial charge >= 0.3 is 0 Å². The van der Waals surface area contributed by atoms with E-state index in [0.717, 1.165) is 33.4 Å². The molecule has 1 saturated heterocycles. The molecule has 8 nitrogen and oxygen atoms in total. The van der Waals surface area contributed by atoms with E-state index in [9.17, 15) is 30.3 Å². The molecule has 5 N–H and O–H groups in total. The van der Waals surface area contributed by atoms with Gasteiger partial charge in [0.25, 0.3) is 0 Å². The number of ketones is 1. The number of hydrogen-bond donors (Lipinski definition) is 5. The maximum Gasteiger partial charge on any atom is 0.187 e. The van der Waals surface area contributed by atoms with Gasteiger partial charge in [0.2, 0.25) is 0 Å². The first-order valence-corrected chi connectivity index (χ1v) is 18.9. The summed E-state index contributed by atoms with van der Waals surface area (Å²) in [5.74, 6) is -0.182. The molecule has 1 heterocycles. The lowest BCUT2D eigenvalue weighted by molar-refractivity contribution is -0.315. The fraction of sp³-hybridized carbons (Fsp3) is 0.500. The molecule has 0 bridgehead atoms. The third-order valence-electron chi connectivity index (χ3n) is 9.72. The number of allylic oxidation sites excluding steroid dienone is 21. The Morgan fingerprint density at radius 1 is 0.796 bits per heavy atom. The van der Waals surface area contributed by atoms with Gasteiger partial charge in [-0.1, -0.05) is 133 Å². The Hall–Kier alpha value is -3.47. The summed E-state index contributed by atoms with van der Waals surface area (Å²) < 4.78 is 11.5. The number of Topliss-reactive ketones (excluding diaryl/α,β-unsaturated/α-hetero) is 1.